The van der Waals surface area contributed by atoms with E-state index in [4.69, 9.17) is 4.74 Å². The highest BCUT2D eigenvalue weighted by Crippen LogP contribution is 2.85. The van der Waals surface area contributed by atoms with Crippen LogP contribution in [0.15, 0.2) is 6.07 Å². The summed E-state index contributed by atoms with van der Waals surface area (Å²) in [6.45, 7) is 10.9. The second kappa shape index (κ2) is 4.19. The fraction of sp³-hybridized carbons (Fsp3) is 0.750. The van der Waals surface area contributed by atoms with Crippen LogP contribution < -0.4 is 0 Å². The first-order chi connectivity index (χ1) is 10.2. The van der Waals surface area contributed by atoms with E-state index in [2.05, 4.69) is 52.3 Å². The molecule has 2 saturated carbocycles. The van der Waals surface area contributed by atoms with Crippen LogP contribution in [0.1, 0.15) is 46.4 Å². The first-order valence-corrected chi connectivity index (χ1v) is 9.01. The number of ether oxygens (including phenoxy) is 1. The smallest absolute Gasteiger partial charge is 0.410 e. The van der Waals surface area contributed by atoms with Crippen molar-refractivity contribution in [1.29, 1.82) is 0 Å². The van der Waals surface area contributed by atoms with Gasteiger partial charge < -0.3 is 9.64 Å². The number of rotatable bonds is 2. The molecular formula is C16H22IN3O2. The Balaban J connectivity index is 1.58. The lowest BCUT2D eigenvalue weighted by molar-refractivity contribution is 0.0278. The molecule has 2 aliphatic heterocycles. The molecule has 1 amide bonds. The van der Waals surface area contributed by atoms with Gasteiger partial charge in [-0.1, -0.05) is 0 Å². The highest BCUT2D eigenvalue weighted by molar-refractivity contribution is 14.1. The summed E-state index contributed by atoms with van der Waals surface area (Å²) < 4.78 is 8.74. The highest BCUT2D eigenvalue weighted by atomic mass is 127. The van der Waals surface area contributed by atoms with Crippen LogP contribution in [-0.4, -0.2) is 39.0 Å². The standard InChI is InChI=1S/C16H22IN3O2/c1-8(2)20-10(6-11(17)18-20)16-9-7-19(13(16)12(9)16)14(21)22-15(3,4)5/h6,8-9,12-13H,7H2,1-5H3/t9-,12-,13?,16-/m1/s1. The molecule has 0 N–H and O–H groups in total. The number of carbonyl (C=O) groups is 1. The van der Waals surface area contributed by atoms with Gasteiger partial charge in [-0.05, 0) is 75.1 Å². The molecule has 2 bridgehead atoms. The number of carbonyl (C=O) groups excluding carboxylic acids is 1. The lowest BCUT2D eigenvalue weighted by atomic mass is 10.0. The van der Waals surface area contributed by atoms with Crippen molar-refractivity contribution in [2.24, 2.45) is 11.8 Å². The first kappa shape index (κ1) is 14.8. The van der Waals surface area contributed by atoms with Crippen LogP contribution in [0.3, 0.4) is 0 Å². The van der Waals surface area contributed by atoms with E-state index in [-0.39, 0.29) is 11.5 Å². The predicted octanol–water partition coefficient (Wildman–Crippen LogP) is 3.19. The Morgan fingerprint density at radius 2 is 2.18 bits per heavy atom. The van der Waals surface area contributed by atoms with Crippen molar-refractivity contribution in [3.63, 3.8) is 0 Å². The molecule has 6 heteroatoms. The van der Waals surface area contributed by atoms with Gasteiger partial charge in [0.25, 0.3) is 0 Å². The van der Waals surface area contributed by atoms with E-state index in [1.807, 2.05) is 25.7 Å². The maximum Gasteiger partial charge on any atom is 0.410 e. The summed E-state index contributed by atoms with van der Waals surface area (Å²) >= 11 is 2.28. The van der Waals surface area contributed by atoms with E-state index in [1.165, 1.54) is 5.69 Å². The minimum Gasteiger partial charge on any atom is -0.444 e. The molecule has 2 aliphatic carbocycles. The molecule has 4 aliphatic rings. The summed E-state index contributed by atoms with van der Waals surface area (Å²) in [6.07, 6.45) is -0.158. The fourth-order valence-electron chi connectivity index (χ4n) is 4.39. The van der Waals surface area contributed by atoms with Crippen LogP contribution in [0.25, 0.3) is 0 Å². The maximum absolute atomic E-state index is 12.4. The molecule has 5 rings (SSSR count). The Labute approximate surface area is 144 Å². The van der Waals surface area contributed by atoms with Crippen molar-refractivity contribution in [2.45, 2.75) is 57.7 Å². The lowest BCUT2D eigenvalue weighted by Gasteiger charge is -2.24. The summed E-state index contributed by atoms with van der Waals surface area (Å²) in [5, 5.41) is 4.64. The number of fused-ring (bicyclic) bond motifs is 1. The van der Waals surface area contributed by atoms with Crippen molar-refractivity contribution in [1.82, 2.24) is 14.7 Å². The summed E-state index contributed by atoms with van der Waals surface area (Å²) in [5.74, 6) is 1.24. The summed E-state index contributed by atoms with van der Waals surface area (Å²) in [5.41, 5.74) is 1.07. The Morgan fingerprint density at radius 1 is 1.50 bits per heavy atom. The monoisotopic (exact) mass is 415 g/mol. The summed E-state index contributed by atoms with van der Waals surface area (Å²) in [6, 6.07) is 2.88. The van der Waals surface area contributed by atoms with Crippen molar-refractivity contribution in [3.05, 3.63) is 15.5 Å². The van der Waals surface area contributed by atoms with E-state index in [9.17, 15) is 4.79 Å². The maximum atomic E-state index is 12.4. The molecular weight excluding hydrogens is 393 g/mol. The molecule has 1 unspecified atom stereocenters. The number of hydrogen-bond acceptors (Lipinski definition) is 3. The normalized spacial score (nSPS) is 34.9. The second-order valence-electron chi connectivity index (χ2n) is 8.03. The lowest BCUT2D eigenvalue weighted by Crippen LogP contribution is -2.36. The largest absolute Gasteiger partial charge is 0.444 e. The van der Waals surface area contributed by atoms with Crippen LogP contribution in [0.5, 0.6) is 0 Å². The van der Waals surface area contributed by atoms with Gasteiger partial charge in [0.2, 0.25) is 0 Å². The fourth-order valence-corrected chi connectivity index (χ4v) is 4.92. The van der Waals surface area contributed by atoms with E-state index in [0.717, 1.165) is 10.2 Å². The van der Waals surface area contributed by atoms with E-state index in [0.29, 0.717) is 23.9 Å². The third-order valence-corrected chi connectivity index (χ3v) is 5.73. The van der Waals surface area contributed by atoms with Gasteiger partial charge in [0.15, 0.2) is 0 Å². The third kappa shape index (κ3) is 1.76. The average molecular weight is 415 g/mol. The number of nitrogens with zero attached hydrogens (tertiary/aromatic N) is 3. The van der Waals surface area contributed by atoms with Gasteiger partial charge in [0.1, 0.15) is 9.30 Å². The van der Waals surface area contributed by atoms with Gasteiger partial charge in [-0.2, -0.15) is 5.10 Å². The van der Waals surface area contributed by atoms with Gasteiger partial charge in [-0.3, -0.25) is 4.68 Å². The average Bonchev–Trinajstić information content (AvgIpc) is 2.94. The number of halogens is 1. The molecule has 2 saturated heterocycles. The van der Waals surface area contributed by atoms with Crippen LogP contribution in [0.4, 0.5) is 4.79 Å². The molecule has 0 radical (unpaired) electrons. The Bertz CT molecular complexity index is 657. The van der Waals surface area contributed by atoms with Gasteiger partial charge >= 0.3 is 6.09 Å². The van der Waals surface area contributed by atoms with E-state index >= 15 is 0 Å². The highest BCUT2D eigenvalue weighted by Gasteiger charge is 2.94. The molecule has 0 spiro atoms. The zero-order valence-electron chi connectivity index (χ0n) is 13.6. The SMILES string of the molecule is CC(C)n1nc(I)cc1[C@@]12C3[C@H]1[C@H]2CN3C(=O)OC(C)(C)C. The minimum atomic E-state index is -0.429. The molecule has 22 heavy (non-hydrogen) atoms. The van der Waals surface area contributed by atoms with Crippen LogP contribution in [-0.2, 0) is 10.2 Å². The predicted molar refractivity (Wildman–Crippen MR) is 90.7 cm³/mol. The first-order valence-electron chi connectivity index (χ1n) is 7.93. The quantitative estimate of drug-likeness (QED) is 0.698. The van der Waals surface area contributed by atoms with Crippen molar-refractivity contribution in [2.75, 3.05) is 6.54 Å². The molecule has 0 aromatic carbocycles. The van der Waals surface area contributed by atoms with Crippen LogP contribution in [0.2, 0.25) is 0 Å². The van der Waals surface area contributed by atoms with Gasteiger partial charge in [-0.15, -0.1) is 0 Å². The number of piperidine rings is 1. The van der Waals surface area contributed by atoms with Crippen molar-refractivity contribution in [3.8, 4) is 0 Å². The van der Waals surface area contributed by atoms with Gasteiger partial charge in [-0.25, -0.2) is 4.79 Å². The Hall–Kier alpha value is -0.790. The Morgan fingerprint density at radius 3 is 2.73 bits per heavy atom. The van der Waals surface area contributed by atoms with Crippen LogP contribution in [0, 0.1) is 15.5 Å². The van der Waals surface area contributed by atoms with Crippen LogP contribution >= 0.6 is 22.6 Å². The topological polar surface area (TPSA) is 47.4 Å². The van der Waals surface area contributed by atoms with Gasteiger partial charge in [0.05, 0.1) is 6.04 Å². The van der Waals surface area contributed by atoms with Gasteiger partial charge in [0, 0.05) is 23.7 Å². The second-order valence-corrected chi connectivity index (χ2v) is 9.14. The number of hydrogen-bond donors (Lipinski definition) is 0. The molecule has 3 heterocycles. The van der Waals surface area contributed by atoms with Crippen molar-refractivity contribution < 1.29 is 9.53 Å². The Kier molecular flexibility index (Phi) is 2.81. The van der Waals surface area contributed by atoms with Crippen molar-refractivity contribution >= 4 is 28.7 Å². The molecule has 120 valence electrons. The summed E-state index contributed by atoms with van der Waals surface area (Å²) in [4.78, 5) is 14.3. The minimum absolute atomic E-state index is 0.158. The summed E-state index contributed by atoms with van der Waals surface area (Å²) in [7, 11) is 0. The zero-order chi connectivity index (χ0) is 16.0. The number of amides is 1. The number of aromatic nitrogens is 2. The third-order valence-electron chi connectivity index (χ3n) is 5.21. The molecule has 1 aromatic rings. The molecule has 4 fully saturated rings. The molecule has 4 atom stereocenters. The molecule has 5 nitrogen and oxygen atoms in total. The molecule has 1 aromatic heterocycles. The van der Waals surface area contributed by atoms with E-state index < -0.39 is 5.60 Å². The van der Waals surface area contributed by atoms with E-state index in [1.54, 1.807) is 0 Å². The zero-order valence-corrected chi connectivity index (χ0v) is 15.8.